The first-order valence-corrected chi connectivity index (χ1v) is 8.15. The Bertz CT molecular complexity index is 527. The number of hydrogen-bond acceptors (Lipinski definition) is 3. The number of aliphatic hydroxyl groups is 1. The molecule has 0 bridgehead atoms. The van der Waals surface area contributed by atoms with Gasteiger partial charge in [-0.3, -0.25) is 4.79 Å². The second-order valence-electron chi connectivity index (χ2n) is 6.31. The zero-order valence-electron chi connectivity index (χ0n) is 13.1. The third kappa shape index (κ3) is 4.28. The normalized spacial score (nSPS) is 18.6. The Kier molecular flexibility index (Phi) is 5.95. The van der Waals surface area contributed by atoms with E-state index in [0.717, 1.165) is 25.9 Å². The fraction of sp³-hybridized carbons (Fsp3) is 0.588. The third-order valence-corrected chi connectivity index (χ3v) is 4.56. The Balaban J connectivity index is 2.19. The maximum Gasteiger partial charge on any atom is 0.144 e. The molecular formula is C17H23ClFNO2. The van der Waals surface area contributed by atoms with Gasteiger partial charge < -0.3 is 10.0 Å². The fourth-order valence-electron chi connectivity index (χ4n) is 2.85. The summed E-state index contributed by atoms with van der Waals surface area (Å²) in [5.74, 6) is -0.858. The average molecular weight is 328 g/mol. The van der Waals surface area contributed by atoms with Crippen LogP contribution in [0.2, 0.25) is 5.02 Å². The zero-order valence-corrected chi connectivity index (χ0v) is 13.8. The fourth-order valence-corrected chi connectivity index (χ4v) is 2.97. The van der Waals surface area contributed by atoms with E-state index in [4.69, 9.17) is 11.6 Å². The highest BCUT2D eigenvalue weighted by molar-refractivity contribution is 6.30. The predicted octanol–water partition coefficient (Wildman–Crippen LogP) is 3.24. The number of ketones is 1. The predicted molar refractivity (Wildman–Crippen MR) is 85.7 cm³/mol. The molecule has 22 heavy (non-hydrogen) atoms. The number of halogens is 2. The molecule has 122 valence electrons. The van der Waals surface area contributed by atoms with Gasteiger partial charge in [0.15, 0.2) is 0 Å². The van der Waals surface area contributed by atoms with Crippen molar-refractivity contribution >= 4 is 17.4 Å². The zero-order chi connectivity index (χ0) is 16.3. The van der Waals surface area contributed by atoms with Crippen molar-refractivity contribution in [2.24, 2.45) is 5.92 Å². The minimum Gasteiger partial charge on any atom is -0.393 e. The topological polar surface area (TPSA) is 40.5 Å². The lowest BCUT2D eigenvalue weighted by molar-refractivity contribution is -0.124. The van der Waals surface area contributed by atoms with Crippen LogP contribution in [0.5, 0.6) is 0 Å². The molecule has 0 unspecified atom stereocenters. The molecule has 2 rings (SSSR count). The van der Waals surface area contributed by atoms with E-state index >= 15 is 0 Å². The summed E-state index contributed by atoms with van der Waals surface area (Å²) in [5.41, 5.74) is 0.673. The number of nitrogens with zero attached hydrogens (tertiary/aromatic N) is 1. The molecule has 1 heterocycles. The SMILES string of the molecule is CC(C)C(=O)[C@H](CN1CCC(O)CC1)c1ccc(Cl)c(F)c1. The summed E-state index contributed by atoms with van der Waals surface area (Å²) in [5, 5.41) is 9.65. The summed E-state index contributed by atoms with van der Waals surface area (Å²) in [4.78, 5) is 14.7. The minimum atomic E-state index is -0.491. The standard InChI is InChI=1S/C17H23ClFNO2/c1-11(2)17(22)14(10-20-7-5-13(21)6-8-20)12-3-4-15(18)16(19)9-12/h3-4,9,11,13-14,21H,5-8,10H2,1-2H3/t14-/m1/s1. The van der Waals surface area contributed by atoms with E-state index in [1.54, 1.807) is 6.07 Å². The van der Waals surface area contributed by atoms with E-state index in [1.165, 1.54) is 12.1 Å². The first kappa shape index (κ1) is 17.4. The summed E-state index contributed by atoms with van der Waals surface area (Å²) in [6.07, 6.45) is 1.19. The highest BCUT2D eigenvalue weighted by Crippen LogP contribution is 2.26. The third-order valence-electron chi connectivity index (χ3n) is 4.26. The van der Waals surface area contributed by atoms with E-state index in [9.17, 15) is 14.3 Å². The van der Waals surface area contributed by atoms with Crippen molar-refractivity contribution in [1.29, 1.82) is 0 Å². The van der Waals surface area contributed by atoms with Gasteiger partial charge in [-0.25, -0.2) is 4.39 Å². The molecule has 1 atom stereocenters. The average Bonchev–Trinajstić information content (AvgIpc) is 2.49. The first-order chi connectivity index (χ1) is 10.4. The van der Waals surface area contributed by atoms with E-state index in [0.29, 0.717) is 12.1 Å². The summed E-state index contributed by atoms with van der Waals surface area (Å²) in [6, 6.07) is 4.61. The van der Waals surface area contributed by atoms with Crippen LogP contribution < -0.4 is 0 Å². The monoisotopic (exact) mass is 327 g/mol. The van der Waals surface area contributed by atoms with Crippen LogP contribution in [0.1, 0.15) is 38.2 Å². The first-order valence-electron chi connectivity index (χ1n) is 7.77. The van der Waals surface area contributed by atoms with E-state index in [2.05, 4.69) is 4.90 Å². The lowest BCUT2D eigenvalue weighted by Gasteiger charge is -2.32. The van der Waals surface area contributed by atoms with Gasteiger partial charge >= 0.3 is 0 Å². The number of carbonyl (C=O) groups excluding carboxylic acids is 1. The van der Waals surface area contributed by atoms with Crippen molar-refractivity contribution in [3.05, 3.63) is 34.6 Å². The lowest BCUT2D eigenvalue weighted by Crippen LogP contribution is -2.40. The molecule has 1 aromatic carbocycles. The smallest absolute Gasteiger partial charge is 0.144 e. The lowest BCUT2D eigenvalue weighted by atomic mass is 9.88. The van der Waals surface area contributed by atoms with Gasteiger partial charge in [-0.1, -0.05) is 31.5 Å². The van der Waals surface area contributed by atoms with Crippen LogP contribution in [0.3, 0.4) is 0 Å². The maximum atomic E-state index is 13.7. The van der Waals surface area contributed by atoms with E-state index in [-0.39, 0.29) is 28.7 Å². The largest absolute Gasteiger partial charge is 0.393 e. The molecule has 1 aliphatic rings. The Hall–Kier alpha value is -0.970. The highest BCUT2D eigenvalue weighted by atomic mass is 35.5. The Morgan fingerprint density at radius 2 is 2.05 bits per heavy atom. The number of piperidine rings is 1. The Labute approximate surface area is 136 Å². The number of Topliss-reactive ketones (excluding diaryl/α,β-unsaturated/α-hetero) is 1. The van der Waals surface area contributed by atoms with Gasteiger partial charge in [0.1, 0.15) is 11.6 Å². The van der Waals surface area contributed by atoms with Crippen molar-refractivity contribution in [2.45, 2.75) is 38.7 Å². The quantitative estimate of drug-likeness (QED) is 0.902. The van der Waals surface area contributed by atoms with Gasteiger partial charge in [0.05, 0.1) is 17.0 Å². The summed E-state index contributed by atoms with van der Waals surface area (Å²) < 4.78 is 13.7. The number of rotatable bonds is 5. The Morgan fingerprint density at radius 1 is 1.41 bits per heavy atom. The van der Waals surface area contributed by atoms with E-state index < -0.39 is 5.82 Å². The number of carbonyl (C=O) groups is 1. The second-order valence-corrected chi connectivity index (χ2v) is 6.72. The van der Waals surface area contributed by atoms with Crippen molar-refractivity contribution in [3.8, 4) is 0 Å². The van der Waals surface area contributed by atoms with Gasteiger partial charge in [-0.05, 0) is 30.5 Å². The molecule has 1 fully saturated rings. The van der Waals surface area contributed by atoms with Crippen LogP contribution in [0.25, 0.3) is 0 Å². The molecular weight excluding hydrogens is 305 g/mol. The van der Waals surface area contributed by atoms with Crippen LogP contribution in [-0.4, -0.2) is 41.5 Å². The number of aliphatic hydroxyl groups excluding tert-OH is 1. The van der Waals surface area contributed by atoms with Crippen molar-refractivity contribution < 1.29 is 14.3 Å². The van der Waals surface area contributed by atoms with Crippen LogP contribution in [0, 0.1) is 11.7 Å². The molecule has 1 N–H and O–H groups in total. The highest BCUT2D eigenvalue weighted by Gasteiger charge is 2.28. The molecule has 0 radical (unpaired) electrons. The maximum absolute atomic E-state index is 13.7. The summed E-state index contributed by atoms with van der Waals surface area (Å²) in [7, 11) is 0. The van der Waals surface area contributed by atoms with Gasteiger partial charge in [-0.15, -0.1) is 0 Å². The van der Waals surface area contributed by atoms with Crippen LogP contribution in [0.15, 0.2) is 18.2 Å². The molecule has 0 spiro atoms. The van der Waals surface area contributed by atoms with Gasteiger partial charge in [0.25, 0.3) is 0 Å². The van der Waals surface area contributed by atoms with Crippen LogP contribution >= 0.6 is 11.6 Å². The molecule has 0 aliphatic carbocycles. The summed E-state index contributed by atoms with van der Waals surface area (Å²) >= 11 is 5.74. The second kappa shape index (κ2) is 7.53. The Morgan fingerprint density at radius 3 is 2.59 bits per heavy atom. The molecule has 0 aromatic heterocycles. The molecule has 1 saturated heterocycles. The molecule has 1 aliphatic heterocycles. The van der Waals surface area contributed by atoms with Gasteiger partial charge in [0.2, 0.25) is 0 Å². The number of benzene rings is 1. The summed E-state index contributed by atoms with van der Waals surface area (Å²) in [6.45, 7) is 5.81. The molecule has 1 aromatic rings. The number of likely N-dealkylation sites (tertiary alicyclic amines) is 1. The van der Waals surface area contributed by atoms with Crippen LogP contribution in [-0.2, 0) is 4.79 Å². The number of hydrogen-bond donors (Lipinski definition) is 1. The minimum absolute atomic E-state index is 0.0700. The molecule has 5 heteroatoms. The molecule has 0 saturated carbocycles. The molecule has 3 nitrogen and oxygen atoms in total. The van der Waals surface area contributed by atoms with Gasteiger partial charge in [0, 0.05) is 25.6 Å². The van der Waals surface area contributed by atoms with Crippen molar-refractivity contribution in [2.75, 3.05) is 19.6 Å². The van der Waals surface area contributed by atoms with Crippen molar-refractivity contribution in [3.63, 3.8) is 0 Å². The van der Waals surface area contributed by atoms with E-state index in [1.807, 2.05) is 13.8 Å². The van der Waals surface area contributed by atoms with Crippen molar-refractivity contribution in [1.82, 2.24) is 4.90 Å². The molecule has 0 amide bonds. The van der Waals surface area contributed by atoms with Gasteiger partial charge in [-0.2, -0.15) is 0 Å². The van der Waals surface area contributed by atoms with Crippen LogP contribution in [0.4, 0.5) is 4.39 Å².